The lowest BCUT2D eigenvalue weighted by Gasteiger charge is -2.27. The Morgan fingerprint density at radius 2 is 1.97 bits per heavy atom. The number of hydrogen-bond acceptors (Lipinski definition) is 10. The quantitative estimate of drug-likeness (QED) is 0.338. The fraction of sp³-hybridized carbons (Fsp3) is 0.400. The smallest absolute Gasteiger partial charge is 0.412 e. The van der Waals surface area contributed by atoms with Crippen LogP contribution in [0.5, 0.6) is 5.75 Å². The average molecular weight is 464 g/mol. The Bertz CT molecular complexity index is 1030. The molecular formula is C20H24N4O9. The van der Waals surface area contributed by atoms with Gasteiger partial charge in [0.15, 0.2) is 6.23 Å². The van der Waals surface area contributed by atoms with Crippen molar-refractivity contribution in [2.75, 3.05) is 25.1 Å². The Kier molecular flexibility index (Phi) is 7.60. The molecule has 178 valence electrons. The molecule has 1 aromatic heterocycles. The minimum Gasteiger partial charge on any atom is -0.447 e. The van der Waals surface area contributed by atoms with Gasteiger partial charge in [-0.25, -0.2) is 14.4 Å². The maximum absolute atomic E-state index is 12.3. The molecule has 2 heterocycles. The van der Waals surface area contributed by atoms with Crippen molar-refractivity contribution in [1.29, 1.82) is 0 Å². The lowest BCUT2D eigenvalue weighted by molar-refractivity contribution is -0.0986. The molecule has 0 bridgehead atoms. The van der Waals surface area contributed by atoms with E-state index in [2.05, 4.69) is 15.6 Å². The molecule has 13 heteroatoms. The zero-order valence-electron chi connectivity index (χ0n) is 17.6. The van der Waals surface area contributed by atoms with Gasteiger partial charge in [-0.3, -0.25) is 9.88 Å². The third-order valence-corrected chi connectivity index (χ3v) is 4.81. The lowest BCUT2D eigenvalue weighted by atomic mass is 9.96. The van der Waals surface area contributed by atoms with Crippen molar-refractivity contribution in [3.05, 3.63) is 53.1 Å². The van der Waals surface area contributed by atoms with Gasteiger partial charge in [0, 0.05) is 6.20 Å². The topological polar surface area (TPSA) is 181 Å². The molecule has 1 aromatic carbocycles. The molecule has 1 saturated heterocycles. The number of aromatic nitrogens is 2. The van der Waals surface area contributed by atoms with Crippen LogP contribution in [0.2, 0.25) is 0 Å². The first kappa shape index (κ1) is 24.1. The largest absolute Gasteiger partial charge is 0.447 e. The second kappa shape index (κ2) is 10.4. The van der Waals surface area contributed by atoms with E-state index in [9.17, 15) is 29.7 Å². The number of aliphatic hydroxyl groups excluding tert-OH is 2. The van der Waals surface area contributed by atoms with Crippen molar-refractivity contribution < 1.29 is 39.1 Å². The molecule has 0 radical (unpaired) electrons. The Labute approximate surface area is 187 Å². The predicted molar refractivity (Wildman–Crippen MR) is 112 cm³/mol. The Morgan fingerprint density at radius 3 is 2.61 bits per heavy atom. The summed E-state index contributed by atoms with van der Waals surface area (Å²) in [4.78, 5) is 39.5. The number of nitrogens with one attached hydrogen (secondary N) is 2. The van der Waals surface area contributed by atoms with E-state index in [-0.39, 0.29) is 19.0 Å². The van der Waals surface area contributed by atoms with Crippen LogP contribution in [-0.4, -0.2) is 74.6 Å². The SMILES string of the molecule is C[C@@]1(O)[C@H](O)[C@@H](CO)O[C@H]1n1ccc(NC(=O)OCCNC(=O)Oc2ccccc2)nc1=O. The summed E-state index contributed by atoms with van der Waals surface area (Å²) in [6, 6.07) is 9.67. The molecule has 2 aromatic rings. The molecule has 0 aliphatic carbocycles. The minimum absolute atomic E-state index is 0.0173. The van der Waals surface area contributed by atoms with Crippen molar-refractivity contribution in [2.45, 2.75) is 31.0 Å². The third-order valence-electron chi connectivity index (χ3n) is 4.81. The molecule has 33 heavy (non-hydrogen) atoms. The van der Waals surface area contributed by atoms with E-state index in [1.165, 1.54) is 19.2 Å². The summed E-state index contributed by atoms with van der Waals surface area (Å²) >= 11 is 0. The van der Waals surface area contributed by atoms with Crippen molar-refractivity contribution in [3.8, 4) is 5.75 Å². The molecule has 13 nitrogen and oxygen atoms in total. The zero-order valence-corrected chi connectivity index (χ0v) is 17.6. The molecule has 4 atom stereocenters. The molecule has 0 spiro atoms. The fourth-order valence-corrected chi connectivity index (χ4v) is 3.12. The number of carbonyl (C=O) groups is 2. The Balaban J connectivity index is 1.47. The monoisotopic (exact) mass is 464 g/mol. The van der Waals surface area contributed by atoms with E-state index >= 15 is 0 Å². The van der Waals surface area contributed by atoms with Crippen molar-refractivity contribution >= 4 is 18.0 Å². The first-order valence-electron chi connectivity index (χ1n) is 9.93. The van der Waals surface area contributed by atoms with Gasteiger partial charge < -0.3 is 34.8 Å². The van der Waals surface area contributed by atoms with E-state index in [4.69, 9.17) is 14.2 Å². The van der Waals surface area contributed by atoms with E-state index in [1.54, 1.807) is 30.3 Å². The van der Waals surface area contributed by atoms with Crippen LogP contribution in [0.15, 0.2) is 47.4 Å². The Hall–Kier alpha value is -3.52. The highest BCUT2D eigenvalue weighted by molar-refractivity contribution is 5.83. The van der Waals surface area contributed by atoms with Gasteiger partial charge in [0.25, 0.3) is 0 Å². The molecular weight excluding hydrogens is 440 g/mol. The van der Waals surface area contributed by atoms with Crippen LogP contribution in [0.4, 0.5) is 15.4 Å². The van der Waals surface area contributed by atoms with Crippen molar-refractivity contribution in [2.24, 2.45) is 0 Å². The third kappa shape index (κ3) is 5.84. The van der Waals surface area contributed by atoms with Crippen LogP contribution < -0.4 is 21.1 Å². The minimum atomic E-state index is -1.86. The molecule has 5 N–H and O–H groups in total. The number of aliphatic hydroxyl groups is 3. The van der Waals surface area contributed by atoms with E-state index in [0.29, 0.717) is 5.75 Å². The molecule has 0 saturated carbocycles. The number of amides is 2. The van der Waals surface area contributed by atoms with Crippen molar-refractivity contribution in [3.63, 3.8) is 0 Å². The van der Waals surface area contributed by atoms with Gasteiger partial charge in [-0.1, -0.05) is 18.2 Å². The van der Waals surface area contributed by atoms with Gasteiger partial charge in [-0.15, -0.1) is 0 Å². The number of carbonyl (C=O) groups excluding carboxylic acids is 2. The second-order valence-corrected chi connectivity index (χ2v) is 7.27. The number of nitrogens with zero attached hydrogens (tertiary/aromatic N) is 2. The molecule has 1 aliphatic heterocycles. The summed E-state index contributed by atoms with van der Waals surface area (Å²) in [5.41, 5.74) is -2.74. The normalized spacial score (nSPS) is 24.2. The van der Waals surface area contributed by atoms with Crippen LogP contribution in [0.25, 0.3) is 0 Å². The number of benzene rings is 1. The number of hydrogen-bond donors (Lipinski definition) is 5. The zero-order chi connectivity index (χ0) is 24.0. The van der Waals surface area contributed by atoms with E-state index in [1.807, 2.05) is 0 Å². The standard InChI is InChI=1S/C20H24N4O9/c1-20(30)15(26)13(11-25)33-16(20)24-9-7-14(22-17(24)27)23-19(29)31-10-8-21-18(28)32-12-5-3-2-4-6-12/h2-7,9,13,15-16,25-26,30H,8,10-11H2,1H3,(H,21,28)(H,22,23,27,29)/t13-,15-,16-,20-/m1/s1. The maximum atomic E-state index is 12.3. The van der Waals surface area contributed by atoms with Gasteiger partial charge in [0.1, 0.15) is 36.0 Å². The van der Waals surface area contributed by atoms with Gasteiger partial charge >= 0.3 is 17.9 Å². The average Bonchev–Trinajstić information content (AvgIpc) is 3.01. The van der Waals surface area contributed by atoms with Gasteiger partial charge in [0.05, 0.1) is 13.2 Å². The summed E-state index contributed by atoms with van der Waals surface area (Å²) in [7, 11) is 0. The number of anilines is 1. The maximum Gasteiger partial charge on any atom is 0.412 e. The van der Waals surface area contributed by atoms with Crippen molar-refractivity contribution in [1.82, 2.24) is 14.9 Å². The highest BCUT2D eigenvalue weighted by Gasteiger charge is 2.53. The highest BCUT2D eigenvalue weighted by Crippen LogP contribution is 2.37. The summed E-state index contributed by atoms with van der Waals surface area (Å²) in [5.74, 6) is 0.231. The summed E-state index contributed by atoms with van der Waals surface area (Å²) < 4.78 is 16.2. The lowest BCUT2D eigenvalue weighted by Crippen LogP contribution is -2.46. The number of para-hydroxylation sites is 1. The summed E-state index contributed by atoms with van der Waals surface area (Å²) in [5, 5.41) is 34.4. The summed E-state index contributed by atoms with van der Waals surface area (Å²) in [6.07, 6.45) is -4.23. The fourth-order valence-electron chi connectivity index (χ4n) is 3.12. The highest BCUT2D eigenvalue weighted by atomic mass is 16.6. The molecule has 0 unspecified atom stereocenters. The van der Waals surface area contributed by atoms with Gasteiger partial charge in [-0.2, -0.15) is 4.98 Å². The van der Waals surface area contributed by atoms with Crippen LogP contribution in [0, 0.1) is 0 Å². The van der Waals surface area contributed by atoms with Crippen LogP contribution in [0.1, 0.15) is 13.2 Å². The first-order chi connectivity index (χ1) is 15.7. The molecule has 1 aliphatic rings. The molecule has 1 fully saturated rings. The predicted octanol–water partition coefficient (Wildman–Crippen LogP) is -0.418. The summed E-state index contributed by atoms with van der Waals surface area (Å²) in [6.45, 7) is 0.514. The second-order valence-electron chi connectivity index (χ2n) is 7.27. The van der Waals surface area contributed by atoms with Crippen LogP contribution >= 0.6 is 0 Å². The van der Waals surface area contributed by atoms with E-state index < -0.39 is 48.5 Å². The number of rotatable bonds is 7. The van der Waals surface area contributed by atoms with Gasteiger partial charge in [-0.05, 0) is 25.1 Å². The van der Waals surface area contributed by atoms with Crippen LogP contribution in [0.3, 0.4) is 0 Å². The molecule has 2 amide bonds. The van der Waals surface area contributed by atoms with Crippen LogP contribution in [-0.2, 0) is 9.47 Å². The van der Waals surface area contributed by atoms with Gasteiger partial charge in [0.2, 0.25) is 0 Å². The molecule has 3 rings (SSSR count). The number of ether oxygens (including phenoxy) is 3. The first-order valence-corrected chi connectivity index (χ1v) is 9.93. The van der Waals surface area contributed by atoms with E-state index in [0.717, 1.165) is 4.57 Å². The Morgan fingerprint density at radius 1 is 1.24 bits per heavy atom.